The molecule has 1 aromatic rings. The molecule has 2 nitrogen and oxygen atoms in total. The van der Waals surface area contributed by atoms with E-state index in [1.165, 1.54) is 18.9 Å². The van der Waals surface area contributed by atoms with E-state index < -0.39 is 17.8 Å². The Hall–Kier alpha value is -1.07. The zero-order valence-electron chi connectivity index (χ0n) is 11.9. The second-order valence-electron chi connectivity index (χ2n) is 5.63. The van der Waals surface area contributed by atoms with Crippen molar-refractivity contribution < 1.29 is 23.0 Å². The molecule has 0 unspecified atom stereocenters. The second-order valence-corrected chi connectivity index (χ2v) is 5.63. The number of benzene rings is 1. The van der Waals surface area contributed by atoms with E-state index in [0.29, 0.717) is 18.4 Å². The fraction of sp³-hybridized carbons (Fsp3) is 0.625. The number of ether oxygens (including phenoxy) is 1. The topological polar surface area (TPSA) is 29.5 Å². The summed E-state index contributed by atoms with van der Waals surface area (Å²) in [6.07, 6.45) is 0.553. The van der Waals surface area contributed by atoms with Crippen LogP contribution in [0.4, 0.5) is 13.2 Å². The first kappa shape index (κ1) is 16.3. The standard InChI is InChI=1S/C16H21F3O2/c17-16(18,19)13-5-3-4-12(10-13)8-9-14(20)11-21-15-6-1-2-7-15/h3-5,10,14-15,20H,1-2,6-9,11H2/t14-/m1/s1. The van der Waals surface area contributed by atoms with Crippen LogP contribution in [0, 0.1) is 0 Å². The second kappa shape index (κ2) is 7.27. The fourth-order valence-electron chi connectivity index (χ4n) is 2.62. The molecule has 1 fully saturated rings. The van der Waals surface area contributed by atoms with Crippen molar-refractivity contribution in [1.29, 1.82) is 0 Å². The summed E-state index contributed by atoms with van der Waals surface area (Å²) in [5.74, 6) is 0. The van der Waals surface area contributed by atoms with E-state index in [-0.39, 0.29) is 12.7 Å². The summed E-state index contributed by atoms with van der Waals surface area (Å²) in [5, 5.41) is 9.85. The molecule has 0 amide bonds. The number of hydrogen-bond donors (Lipinski definition) is 1. The van der Waals surface area contributed by atoms with Gasteiger partial charge in [-0.15, -0.1) is 0 Å². The lowest BCUT2D eigenvalue weighted by molar-refractivity contribution is -0.137. The van der Waals surface area contributed by atoms with Gasteiger partial charge in [-0.2, -0.15) is 13.2 Å². The van der Waals surface area contributed by atoms with Gasteiger partial charge in [0.05, 0.1) is 24.4 Å². The van der Waals surface area contributed by atoms with Crippen LogP contribution in [-0.2, 0) is 17.3 Å². The molecular weight excluding hydrogens is 281 g/mol. The predicted molar refractivity (Wildman–Crippen MR) is 74.0 cm³/mol. The van der Waals surface area contributed by atoms with Crippen molar-refractivity contribution in [3.05, 3.63) is 35.4 Å². The van der Waals surface area contributed by atoms with Crippen LogP contribution in [0.15, 0.2) is 24.3 Å². The van der Waals surface area contributed by atoms with Gasteiger partial charge in [-0.3, -0.25) is 0 Å². The highest BCUT2D eigenvalue weighted by atomic mass is 19.4. The van der Waals surface area contributed by atoms with E-state index in [0.717, 1.165) is 25.0 Å². The molecule has 1 aromatic carbocycles. The maximum absolute atomic E-state index is 12.6. The van der Waals surface area contributed by atoms with Crippen molar-refractivity contribution in [1.82, 2.24) is 0 Å². The zero-order valence-corrected chi connectivity index (χ0v) is 11.9. The molecule has 0 radical (unpaired) electrons. The Kier molecular flexibility index (Phi) is 5.65. The maximum Gasteiger partial charge on any atom is 0.416 e. The number of halogens is 3. The van der Waals surface area contributed by atoms with E-state index in [9.17, 15) is 18.3 Å². The van der Waals surface area contributed by atoms with E-state index in [4.69, 9.17) is 4.74 Å². The van der Waals surface area contributed by atoms with Crippen LogP contribution in [0.2, 0.25) is 0 Å². The first-order valence-corrected chi connectivity index (χ1v) is 7.41. The van der Waals surface area contributed by atoms with Gasteiger partial charge in [-0.05, 0) is 37.3 Å². The van der Waals surface area contributed by atoms with Crippen LogP contribution in [-0.4, -0.2) is 23.9 Å². The summed E-state index contributed by atoms with van der Waals surface area (Å²) in [6, 6.07) is 5.26. The van der Waals surface area contributed by atoms with Crippen molar-refractivity contribution in [2.75, 3.05) is 6.61 Å². The molecule has 0 bridgehead atoms. The summed E-state index contributed by atoms with van der Waals surface area (Å²) < 4.78 is 43.4. The SMILES string of the molecule is O[C@H](CCc1cccc(C(F)(F)F)c1)COC1CCCC1. The van der Waals surface area contributed by atoms with Crippen molar-refractivity contribution in [2.45, 2.75) is 56.9 Å². The van der Waals surface area contributed by atoms with Gasteiger partial charge in [0.15, 0.2) is 0 Å². The Bertz CT molecular complexity index is 439. The minimum atomic E-state index is -4.32. The molecule has 118 valence electrons. The van der Waals surface area contributed by atoms with Crippen LogP contribution in [0.3, 0.4) is 0 Å². The number of alkyl halides is 3. The minimum Gasteiger partial charge on any atom is -0.391 e. The van der Waals surface area contributed by atoms with Crippen LogP contribution < -0.4 is 0 Å². The molecule has 1 aliphatic rings. The number of hydrogen-bond acceptors (Lipinski definition) is 2. The average molecular weight is 302 g/mol. The lowest BCUT2D eigenvalue weighted by atomic mass is 10.0. The third-order valence-corrected chi connectivity index (χ3v) is 3.85. The van der Waals surface area contributed by atoms with Crippen LogP contribution >= 0.6 is 0 Å². The highest BCUT2D eigenvalue weighted by Gasteiger charge is 2.30. The van der Waals surface area contributed by atoms with Gasteiger partial charge in [-0.1, -0.05) is 31.0 Å². The first-order chi connectivity index (χ1) is 9.95. The number of rotatable bonds is 6. The average Bonchev–Trinajstić information content (AvgIpc) is 2.95. The quantitative estimate of drug-likeness (QED) is 0.862. The summed E-state index contributed by atoms with van der Waals surface area (Å²) in [7, 11) is 0. The molecule has 0 aromatic heterocycles. The Morgan fingerprint density at radius 2 is 1.95 bits per heavy atom. The lowest BCUT2D eigenvalue weighted by Crippen LogP contribution is -2.20. The van der Waals surface area contributed by atoms with E-state index in [2.05, 4.69) is 0 Å². The van der Waals surface area contributed by atoms with Gasteiger partial charge in [-0.25, -0.2) is 0 Å². The van der Waals surface area contributed by atoms with Gasteiger partial charge >= 0.3 is 6.18 Å². The van der Waals surface area contributed by atoms with Gasteiger partial charge in [0.25, 0.3) is 0 Å². The Balaban J connectivity index is 1.76. The van der Waals surface area contributed by atoms with E-state index in [1.807, 2.05) is 0 Å². The molecule has 5 heteroatoms. The number of aliphatic hydroxyl groups is 1. The molecule has 0 aliphatic heterocycles. The molecule has 0 spiro atoms. The maximum atomic E-state index is 12.6. The van der Waals surface area contributed by atoms with Crippen molar-refractivity contribution in [3.8, 4) is 0 Å². The van der Waals surface area contributed by atoms with Gasteiger partial charge in [0, 0.05) is 0 Å². The lowest BCUT2D eigenvalue weighted by Gasteiger charge is -2.15. The van der Waals surface area contributed by atoms with Crippen LogP contribution in [0.1, 0.15) is 43.2 Å². The van der Waals surface area contributed by atoms with Crippen molar-refractivity contribution in [3.63, 3.8) is 0 Å². The smallest absolute Gasteiger partial charge is 0.391 e. The van der Waals surface area contributed by atoms with Crippen LogP contribution in [0.25, 0.3) is 0 Å². The molecule has 1 N–H and O–H groups in total. The zero-order chi connectivity index (χ0) is 15.3. The molecule has 21 heavy (non-hydrogen) atoms. The highest BCUT2D eigenvalue weighted by molar-refractivity contribution is 5.25. The van der Waals surface area contributed by atoms with Gasteiger partial charge in [0.1, 0.15) is 0 Å². The monoisotopic (exact) mass is 302 g/mol. The molecule has 0 saturated heterocycles. The summed E-state index contributed by atoms with van der Waals surface area (Å²) >= 11 is 0. The predicted octanol–water partition coefficient (Wildman–Crippen LogP) is 3.96. The molecule has 1 atom stereocenters. The Morgan fingerprint density at radius 1 is 1.24 bits per heavy atom. The van der Waals surface area contributed by atoms with Gasteiger partial charge < -0.3 is 9.84 Å². The Morgan fingerprint density at radius 3 is 2.62 bits per heavy atom. The molecular formula is C16H21F3O2. The molecule has 0 heterocycles. The van der Waals surface area contributed by atoms with E-state index >= 15 is 0 Å². The third-order valence-electron chi connectivity index (χ3n) is 3.85. The summed E-state index contributed by atoms with van der Waals surface area (Å²) in [4.78, 5) is 0. The normalized spacial score (nSPS) is 18.1. The largest absolute Gasteiger partial charge is 0.416 e. The number of aliphatic hydroxyl groups excluding tert-OH is 1. The summed E-state index contributed by atoms with van der Waals surface area (Å²) in [5.41, 5.74) is -0.0542. The summed E-state index contributed by atoms with van der Waals surface area (Å²) in [6.45, 7) is 0.267. The minimum absolute atomic E-state index is 0.244. The first-order valence-electron chi connectivity index (χ1n) is 7.41. The molecule has 1 saturated carbocycles. The molecule has 1 aliphatic carbocycles. The van der Waals surface area contributed by atoms with Crippen LogP contribution in [0.5, 0.6) is 0 Å². The Labute approximate surface area is 122 Å². The van der Waals surface area contributed by atoms with E-state index in [1.54, 1.807) is 6.07 Å². The molecule has 2 rings (SSSR count). The highest BCUT2D eigenvalue weighted by Crippen LogP contribution is 2.29. The third kappa shape index (κ3) is 5.32. The number of aryl methyl sites for hydroxylation is 1. The van der Waals surface area contributed by atoms with Gasteiger partial charge in [0.2, 0.25) is 0 Å². The van der Waals surface area contributed by atoms with Crippen molar-refractivity contribution in [2.24, 2.45) is 0 Å². The van der Waals surface area contributed by atoms with Crippen molar-refractivity contribution >= 4 is 0 Å². The fourth-order valence-corrected chi connectivity index (χ4v) is 2.62.